The van der Waals surface area contributed by atoms with Gasteiger partial charge in [-0.25, -0.2) is 20.0 Å². The van der Waals surface area contributed by atoms with Gasteiger partial charge in [-0.3, -0.25) is 0 Å². The van der Waals surface area contributed by atoms with Gasteiger partial charge in [0.1, 0.15) is 0 Å². The summed E-state index contributed by atoms with van der Waals surface area (Å²) in [6, 6.07) is 0. The first-order valence-electron chi connectivity index (χ1n) is 15.6. The van der Waals surface area contributed by atoms with Crippen LogP contribution in [-0.2, 0) is 20.4 Å². The van der Waals surface area contributed by atoms with Gasteiger partial charge in [0.2, 0.25) is 0 Å². The Morgan fingerprint density at radius 3 is 1.49 bits per heavy atom. The molecule has 5 heteroatoms. The maximum atomic E-state index is 5.54. The van der Waals surface area contributed by atoms with Gasteiger partial charge in [-0.2, -0.15) is 0 Å². The average molecular weight is 639 g/mol. The number of rotatable bonds is 8. The molecular weight excluding hydrogens is 595 g/mol. The fourth-order valence-corrected chi connectivity index (χ4v) is 6.92. The summed E-state index contributed by atoms with van der Waals surface area (Å²) in [5, 5.41) is 0. The molecule has 0 atom stereocenters. The van der Waals surface area contributed by atoms with E-state index >= 15 is 0 Å². The zero-order chi connectivity index (χ0) is 28.6. The molecular formula is C36H44N4Pd. The Hall–Kier alpha value is -2.74. The molecule has 218 valence electrons. The molecule has 0 unspecified atom stereocenters. The zero-order valence-corrected chi connectivity index (χ0v) is 27.6. The topological polar surface area (TPSA) is 49.4 Å². The number of allylic oxidation sites excluding steroid dienone is 12. The molecule has 0 amide bonds. The van der Waals surface area contributed by atoms with Crippen LogP contribution in [0.5, 0.6) is 0 Å². The first-order chi connectivity index (χ1) is 19.5. The summed E-state index contributed by atoms with van der Waals surface area (Å²) in [6.07, 6.45) is 16.1. The van der Waals surface area contributed by atoms with Crippen molar-refractivity contribution >= 4 is 22.8 Å². The van der Waals surface area contributed by atoms with Crippen LogP contribution in [-0.4, -0.2) is 22.8 Å². The van der Waals surface area contributed by atoms with Crippen LogP contribution in [0.1, 0.15) is 107 Å². The summed E-state index contributed by atoms with van der Waals surface area (Å²) in [4.78, 5) is 21.2. The quantitative estimate of drug-likeness (QED) is 0.238. The van der Waals surface area contributed by atoms with E-state index in [1.165, 1.54) is 44.6 Å². The normalized spacial score (nSPS) is 20.1. The maximum Gasteiger partial charge on any atom is 0.0726 e. The fraction of sp³-hybridized carbons (Fsp3) is 0.444. The molecule has 0 aliphatic carbocycles. The third-order valence-electron chi connectivity index (χ3n) is 8.77. The Kier molecular flexibility index (Phi) is 9.94. The Labute approximate surface area is 260 Å². The van der Waals surface area contributed by atoms with Crippen LogP contribution < -0.4 is 0 Å². The van der Waals surface area contributed by atoms with Crippen molar-refractivity contribution in [1.29, 1.82) is 0 Å². The predicted molar refractivity (Wildman–Crippen MR) is 173 cm³/mol. The summed E-state index contributed by atoms with van der Waals surface area (Å²) in [5.74, 6) is 0. The van der Waals surface area contributed by atoms with E-state index in [1.54, 1.807) is 0 Å². The van der Waals surface area contributed by atoms with Crippen molar-refractivity contribution in [2.75, 3.05) is 0 Å². The molecule has 0 radical (unpaired) electrons. The first-order valence-corrected chi connectivity index (χ1v) is 15.6. The molecule has 0 aromatic carbocycles. The zero-order valence-electron chi connectivity index (χ0n) is 26.1. The standard InChI is InChI=1S/C36H44N4.Pd/c1-9-23-25(11-3)33-29(15-7)35-27(13-5)28(14-6)36(40-35)30(16-8)34-26(12-4)24(10-2)32(39-34)20-22-18-17-21(37-22)19-31(23)38-33;/h17-20H,9-16H2,1-8H3;. The van der Waals surface area contributed by atoms with Gasteiger partial charge < -0.3 is 0 Å². The van der Waals surface area contributed by atoms with E-state index in [4.69, 9.17) is 20.0 Å². The third-order valence-corrected chi connectivity index (χ3v) is 8.77. The Bertz CT molecular complexity index is 1540. The van der Waals surface area contributed by atoms with E-state index < -0.39 is 0 Å². The van der Waals surface area contributed by atoms with Crippen LogP contribution in [0.4, 0.5) is 0 Å². The van der Waals surface area contributed by atoms with Gasteiger partial charge in [0.05, 0.1) is 45.6 Å². The second kappa shape index (κ2) is 13.1. The van der Waals surface area contributed by atoms with Gasteiger partial charge in [0.25, 0.3) is 0 Å². The number of fused-ring (bicyclic) bond motifs is 4. The third kappa shape index (κ3) is 5.21. The molecule has 0 N–H and O–H groups in total. The van der Waals surface area contributed by atoms with Gasteiger partial charge in [-0.1, -0.05) is 55.4 Å². The van der Waals surface area contributed by atoms with E-state index in [2.05, 4.69) is 79.7 Å². The van der Waals surface area contributed by atoms with E-state index in [0.717, 1.165) is 97.0 Å². The predicted octanol–water partition coefficient (Wildman–Crippen LogP) is 9.82. The minimum absolute atomic E-state index is 0. The SMILES string of the molecule is CCC1=C(CC)C2=NC1=CC1=NC(=CC3=NC(=C(CC)C4=NC(=C2CC)C(CC)=C4CC)C(CC)=C3CC)C=C1.[Pd]. The van der Waals surface area contributed by atoms with Crippen molar-refractivity contribution in [2.24, 2.45) is 20.0 Å². The van der Waals surface area contributed by atoms with Crippen LogP contribution in [0.2, 0.25) is 0 Å². The average Bonchev–Trinajstić information content (AvgIpc) is 3.73. The number of aliphatic imine (C=N–C) groups is 4. The van der Waals surface area contributed by atoms with E-state index in [0.29, 0.717) is 0 Å². The number of nitrogens with zero attached hydrogens (tertiary/aromatic N) is 4. The molecule has 0 saturated heterocycles. The van der Waals surface area contributed by atoms with Crippen molar-refractivity contribution in [1.82, 2.24) is 0 Å². The second-order valence-electron chi connectivity index (χ2n) is 10.7. The van der Waals surface area contributed by atoms with Crippen molar-refractivity contribution in [2.45, 2.75) is 107 Å². The van der Waals surface area contributed by atoms with Gasteiger partial charge in [-0.05, 0) is 109 Å². The fourth-order valence-electron chi connectivity index (χ4n) is 6.92. The maximum absolute atomic E-state index is 5.54. The number of hydrogen-bond donors (Lipinski definition) is 0. The van der Waals surface area contributed by atoms with Gasteiger partial charge in [0, 0.05) is 31.6 Å². The van der Waals surface area contributed by atoms with Crippen molar-refractivity contribution in [3.63, 3.8) is 0 Å². The molecule has 5 aliphatic rings. The summed E-state index contributed by atoms with van der Waals surface area (Å²) in [5.41, 5.74) is 19.3. The van der Waals surface area contributed by atoms with Crippen molar-refractivity contribution < 1.29 is 20.4 Å². The summed E-state index contributed by atoms with van der Waals surface area (Å²) >= 11 is 0. The molecule has 4 nitrogen and oxygen atoms in total. The molecule has 5 heterocycles. The van der Waals surface area contributed by atoms with Gasteiger partial charge in [-0.15, -0.1) is 0 Å². The van der Waals surface area contributed by atoms with E-state index in [-0.39, 0.29) is 20.4 Å². The van der Waals surface area contributed by atoms with E-state index in [1.807, 2.05) is 0 Å². The van der Waals surface area contributed by atoms with Crippen LogP contribution >= 0.6 is 0 Å². The Balaban J connectivity index is 0.00000387. The van der Waals surface area contributed by atoms with Crippen LogP contribution in [0.15, 0.2) is 112 Å². The molecule has 41 heavy (non-hydrogen) atoms. The van der Waals surface area contributed by atoms with Gasteiger partial charge in [0.15, 0.2) is 0 Å². The molecule has 5 rings (SSSR count). The Morgan fingerprint density at radius 1 is 0.439 bits per heavy atom. The van der Waals surface area contributed by atoms with E-state index in [9.17, 15) is 0 Å². The minimum atomic E-state index is 0. The van der Waals surface area contributed by atoms with Crippen LogP contribution in [0.3, 0.4) is 0 Å². The van der Waals surface area contributed by atoms with Gasteiger partial charge >= 0.3 is 0 Å². The molecule has 0 spiro atoms. The molecule has 0 fully saturated rings. The van der Waals surface area contributed by atoms with Crippen LogP contribution in [0, 0.1) is 0 Å². The summed E-state index contributed by atoms with van der Waals surface area (Å²) < 4.78 is 0. The minimum Gasteiger partial charge on any atom is -0.249 e. The molecule has 0 aromatic heterocycles. The van der Waals surface area contributed by atoms with Crippen LogP contribution in [0.25, 0.3) is 0 Å². The molecule has 0 aromatic rings. The summed E-state index contributed by atoms with van der Waals surface area (Å²) in [7, 11) is 0. The first kappa shape index (κ1) is 31.2. The molecule has 5 aliphatic heterocycles. The molecule has 8 bridgehead atoms. The van der Waals surface area contributed by atoms with Crippen molar-refractivity contribution in [3.05, 3.63) is 91.7 Å². The summed E-state index contributed by atoms with van der Waals surface area (Å²) in [6.45, 7) is 18.1. The Morgan fingerprint density at radius 2 is 0.927 bits per heavy atom. The van der Waals surface area contributed by atoms with Crippen molar-refractivity contribution in [3.8, 4) is 0 Å². The second-order valence-corrected chi connectivity index (χ2v) is 10.7. The smallest absolute Gasteiger partial charge is 0.0726 e. The molecule has 0 saturated carbocycles. The largest absolute Gasteiger partial charge is 0.249 e. The number of hydrogen-bond acceptors (Lipinski definition) is 4. The monoisotopic (exact) mass is 638 g/mol.